The molecule has 3 N–H and O–H groups in total. The molecule has 0 radical (unpaired) electrons. The number of rotatable bonds is 7. The monoisotopic (exact) mass is 254 g/mol. The largest absolute Gasteiger partial charge is 0.355 e. The fraction of sp³-hybridized carbons (Fsp3) is 0.933. The van der Waals surface area contributed by atoms with E-state index in [4.69, 9.17) is 5.73 Å². The molecule has 1 rings (SSSR count). The Kier molecular flexibility index (Phi) is 7.33. The van der Waals surface area contributed by atoms with E-state index in [2.05, 4.69) is 19.2 Å². The topological polar surface area (TPSA) is 55.1 Å². The minimum absolute atomic E-state index is 0.0348. The summed E-state index contributed by atoms with van der Waals surface area (Å²) in [4.78, 5) is 11.7. The molecule has 3 nitrogen and oxygen atoms in total. The fourth-order valence-electron chi connectivity index (χ4n) is 2.70. The highest BCUT2D eigenvalue weighted by Gasteiger charge is 2.18. The molecule has 0 aromatic heterocycles. The summed E-state index contributed by atoms with van der Waals surface area (Å²) in [7, 11) is 0. The molecule has 1 saturated carbocycles. The van der Waals surface area contributed by atoms with Crippen molar-refractivity contribution in [2.75, 3.05) is 6.54 Å². The predicted molar refractivity (Wildman–Crippen MR) is 76.2 cm³/mol. The summed E-state index contributed by atoms with van der Waals surface area (Å²) in [5, 5.41) is 2.99. The minimum atomic E-state index is -0.309. The van der Waals surface area contributed by atoms with E-state index >= 15 is 0 Å². The van der Waals surface area contributed by atoms with Crippen LogP contribution in [0.2, 0.25) is 0 Å². The number of hydrogen-bond acceptors (Lipinski definition) is 2. The lowest BCUT2D eigenvalue weighted by Crippen LogP contribution is -2.41. The summed E-state index contributed by atoms with van der Waals surface area (Å²) in [6.07, 6.45) is 9.44. The van der Waals surface area contributed by atoms with Gasteiger partial charge in [0.25, 0.3) is 0 Å². The second-order valence-electron chi connectivity index (χ2n) is 5.95. The summed E-state index contributed by atoms with van der Waals surface area (Å²) in [5.74, 6) is 1.75. The van der Waals surface area contributed by atoms with Gasteiger partial charge in [-0.25, -0.2) is 0 Å². The van der Waals surface area contributed by atoms with Crippen molar-refractivity contribution in [3.05, 3.63) is 0 Å². The first kappa shape index (κ1) is 15.5. The van der Waals surface area contributed by atoms with Crippen molar-refractivity contribution in [2.24, 2.45) is 17.6 Å². The first-order valence-corrected chi connectivity index (χ1v) is 7.66. The first-order chi connectivity index (χ1) is 8.63. The molecule has 106 valence electrons. The molecular weight excluding hydrogens is 224 g/mol. The highest BCUT2D eigenvalue weighted by molar-refractivity contribution is 5.81. The Morgan fingerprint density at radius 3 is 2.61 bits per heavy atom. The molecule has 1 amide bonds. The summed E-state index contributed by atoms with van der Waals surface area (Å²) in [6.45, 7) is 5.26. The number of amides is 1. The Labute approximate surface area is 112 Å². The van der Waals surface area contributed by atoms with Gasteiger partial charge in [-0.3, -0.25) is 4.79 Å². The molecular formula is C15H30N2O. The van der Waals surface area contributed by atoms with Crippen molar-refractivity contribution in [1.82, 2.24) is 5.32 Å². The normalized spacial score (nSPS) is 25.7. The zero-order valence-corrected chi connectivity index (χ0v) is 12.1. The van der Waals surface area contributed by atoms with Crippen LogP contribution < -0.4 is 11.1 Å². The highest BCUT2D eigenvalue weighted by Crippen LogP contribution is 2.29. The second kappa shape index (κ2) is 8.52. The Bertz CT molecular complexity index is 235. The number of carbonyl (C=O) groups excluding carboxylic acids is 1. The van der Waals surface area contributed by atoms with Crippen LogP contribution in [-0.2, 0) is 4.79 Å². The maximum absolute atomic E-state index is 11.7. The van der Waals surface area contributed by atoms with Gasteiger partial charge in [0, 0.05) is 6.54 Å². The molecule has 0 saturated heterocycles. The van der Waals surface area contributed by atoms with Crippen LogP contribution >= 0.6 is 0 Å². The van der Waals surface area contributed by atoms with Gasteiger partial charge in [0.15, 0.2) is 0 Å². The van der Waals surface area contributed by atoms with E-state index < -0.39 is 0 Å². The Morgan fingerprint density at radius 2 is 2.00 bits per heavy atom. The number of carbonyl (C=O) groups is 1. The van der Waals surface area contributed by atoms with E-state index in [0.717, 1.165) is 44.1 Å². The molecule has 3 heteroatoms. The SMILES string of the molecule is CCCC[C@H](N)C(=O)NCCC1CCC(C)CC1. The van der Waals surface area contributed by atoms with Gasteiger partial charge in [-0.1, -0.05) is 52.4 Å². The zero-order chi connectivity index (χ0) is 13.4. The number of unbranched alkanes of at least 4 members (excludes halogenated alkanes) is 1. The van der Waals surface area contributed by atoms with E-state index in [1.807, 2.05) is 0 Å². The zero-order valence-electron chi connectivity index (χ0n) is 12.1. The van der Waals surface area contributed by atoms with Crippen molar-refractivity contribution < 1.29 is 4.79 Å². The molecule has 1 fully saturated rings. The third-order valence-corrected chi connectivity index (χ3v) is 4.19. The Balaban J connectivity index is 2.08. The van der Waals surface area contributed by atoms with Crippen LogP contribution in [-0.4, -0.2) is 18.5 Å². The van der Waals surface area contributed by atoms with Crippen LogP contribution in [0.1, 0.15) is 65.2 Å². The lowest BCUT2D eigenvalue weighted by atomic mass is 9.81. The van der Waals surface area contributed by atoms with Crippen LogP contribution in [0.15, 0.2) is 0 Å². The third-order valence-electron chi connectivity index (χ3n) is 4.19. The standard InChI is InChI=1S/C15H30N2O/c1-3-4-5-14(16)15(18)17-11-10-13-8-6-12(2)7-9-13/h12-14H,3-11,16H2,1-2H3,(H,17,18)/t12?,13?,14-/m0/s1. The highest BCUT2D eigenvalue weighted by atomic mass is 16.2. The maximum atomic E-state index is 11.7. The van der Waals surface area contributed by atoms with Gasteiger partial charge < -0.3 is 11.1 Å². The molecule has 0 heterocycles. The first-order valence-electron chi connectivity index (χ1n) is 7.66. The number of hydrogen-bond donors (Lipinski definition) is 2. The van der Waals surface area contributed by atoms with Crippen molar-refractivity contribution in [3.8, 4) is 0 Å². The van der Waals surface area contributed by atoms with E-state index in [-0.39, 0.29) is 11.9 Å². The summed E-state index contributed by atoms with van der Waals surface area (Å²) in [6, 6.07) is -0.309. The summed E-state index contributed by atoms with van der Waals surface area (Å²) >= 11 is 0. The van der Waals surface area contributed by atoms with Crippen LogP contribution in [0.25, 0.3) is 0 Å². The van der Waals surface area contributed by atoms with Crippen LogP contribution in [0, 0.1) is 11.8 Å². The van der Waals surface area contributed by atoms with Gasteiger partial charge in [-0.05, 0) is 24.7 Å². The predicted octanol–water partition coefficient (Wildman–Crippen LogP) is 2.84. The van der Waals surface area contributed by atoms with E-state index in [0.29, 0.717) is 0 Å². The molecule has 0 bridgehead atoms. The number of nitrogens with two attached hydrogens (primary N) is 1. The molecule has 0 aromatic carbocycles. The van der Waals surface area contributed by atoms with Gasteiger partial charge in [0.1, 0.15) is 0 Å². The summed E-state index contributed by atoms with van der Waals surface area (Å²) in [5.41, 5.74) is 5.83. The van der Waals surface area contributed by atoms with Gasteiger partial charge >= 0.3 is 0 Å². The molecule has 0 aromatic rings. The van der Waals surface area contributed by atoms with Crippen molar-refractivity contribution in [2.45, 2.75) is 71.3 Å². The molecule has 0 aliphatic heterocycles. The molecule has 0 spiro atoms. The lowest BCUT2D eigenvalue weighted by Gasteiger charge is -2.26. The molecule has 18 heavy (non-hydrogen) atoms. The van der Waals surface area contributed by atoms with E-state index in [1.54, 1.807) is 0 Å². The van der Waals surface area contributed by atoms with Gasteiger partial charge in [0.05, 0.1) is 6.04 Å². The van der Waals surface area contributed by atoms with Gasteiger partial charge in [-0.15, -0.1) is 0 Å². The molecule has 1 aliphatic rings. The van der Waals surface area contributed by atoms with Crippen LogP contribution in [0.5, 0.6) is 0 Å². The molecule has 1 aliphatic carbocycles. The van der Waals surface area contributed by atoms with Crippen molar-refractivity contribution in [3.63, 3.8) is 0 Å². The van der Waals surface area contributed by atoms with Gasteiger partial charge in [-0.2, -0.15) is 0 Å². The quantitative estimate of drug-likeness (QED) is 0.734. The van der Waals surface area contributed by atoms with Crippen LogP contribution in [0.3, 0.4) is 0 Å². The van der Waals surface area contributed by atoms with E-state index in [1.165, 1.54) is 25.7 Å². The second-order valence-corrected chi connectivity index (χ2v) is 5.95. The van der Waals surface area contributed by atoms with Crippen molar-refractivity contribution in [1.29, 1.82) is 0 Å². The Morgan fingerprint density at radius 1 is 1.33 bits per heavy atom. The Hall–Kier alpha value is -0.570. The average molecular weight is 254 g/mol. The molecule has 1 atom stereocenters. The lowest BCUT2D eigenvalue weighted by molar-refractivity contribution is -0.122. The smallest absolute Gasteiger partial charge is 0.236 e. The summed E-state index contributed by atoms with van der Waals surface area (Å²) < 4.78 is 0. The van der Waals surface area contributed by atoms with E-state index in [9.17, 15) is 4.79 Å². The van der Waals surface area contributed by atoms with Crippen molar-refractivity contribution >= 4 is 5.91 Å². The third kappa shape index (κ3) is 5.85. The minimum Gasteiger partial charge on any atom is -0.355 e. The maximum Gasteiger partial charge on any atom is 0.236 e. The number of nitrogens with one attached hydrogen (secondary N) is 1. The molecule has 0 unspecified atom stereocenters. The van der Waals surface area contributed by atoms with Gasteiger partial charge in [0.2, 0.25) is 5.91 Å². The average Bonchev–Trinajstić information content (AvgIpc) is 2.38. The fourth-order valence-corrected chi connectivity index (χ4v) is 2.70. The van der Waals surface area contributed by atoms with Crippen LogP contribution in [0.4, 0.5) is 0 Å².